The van der Waals surface area contributed by atoms with E-state index in [0.29, 0.717) is 0 Å². The van der Waals surface area contributed by atoms with E-state index in [1.54, 1.807) is 12.1 Å². The van der Waals surface area contributed by atoms with Crippen LogP contribution >= 0.6 is 0 Å². The van der Waals surface area contributed by atoms with Gasteiger partial charge in [0.2, 0.25) is 0 Å². The SMILES string of the molecule is Cc1cc(S(=O)(=O)[C@@H](CNC(=O)c2ccco2)c2ccco2)ccc1F. The minimum Gasteiger partial charge on any atom is -0.468 e. The van der Waals surface area contributed by atoms with Crippen LogP contribution in [0.15, 0.2) is 68.7 Å². The molecule has 0 saturated carbocycles. The molecular formula is C18H16FNO5S. The van der Waals surface area contributed by atoms with E-state index in [9.17, 15) is 17.6 Å². The number of nitrogens with one attached hydrogen (secondary N) is 1. The Kier molecular flexibility index (Phi) is 4.94. The first-order chi connectivity index (χ1) is 12.4. The van der Waals surface area contributed by atoms with Crippen LogP contribution < -0.4 is 5.32 Å². The van der Waals surface area contributed by atoms with Gasteiger partial charge in [0.05, 0.1) is 17.4 Å². The maximum Gasteiger partial charge on any atom is 0.287 e. The third kappa shape index (κ3) is 3.55. The Morgan fingerprint density at radius 1 is 1.15 bits per heavy atom. The second-order valence-electron chi connectivity index (χ2n) is 5.65. The molecule has 0 bridgehead atoms. The fourth-order valence-corrected chi connectivity index (χ4v) is 4.15. The minimum absolute atomic E-state index is 0.0509. The van der Waals surface area contributed by atoms with Crippen molar-refractivity contribution in [3.63, 3.8) is 0 Å². The van der Waals surface area contributed by atoms with Crippen LogP contribution in [-0.2, 0) is 9.84 Å². The summed E-state index contributed by atoms with van der Waals surface area (Å²) in [5.41, 5.74) is 0.212. The molecule has 0 radical (unpaired) electrons. The first-order valence-electron chi connectivity index (χ1n) is 7.75. The molecule has 2 heterocycles. The van der Waals surface area contributed by atoms with Gasteiger partial charge in [0.15, 0.2) is 15.6 Å². The molecule has 136 valence electrons. The maximum absolute atomic E-state index is 13.5. The monoisotopic (exact) mass is 377 g/mol. The Morgan fingerprint density at radius 3 is 2.50 bits per heavy atom. The van der Waals surface area contributed by atoms with Gasteiger partial charge in [0.25, 0.3) is 5.91 Å². The molecule has 6 nitrogen and oxygen atoms in total. The number of aryl methyl sites for hydroxylation is 1. The molecule has 0 aliphatic carbocycles. The van der Waals surface area contributed by atoms with Crippen LogP contribution in [0.5, 0.6) is 0 Å². The van der Waals surface area contributed by atoms with Crippen molar-refractivity contribution in [1.82, 2.24) is 5.32 Å². The Morgan fingerprint density at radius 2 is 1.88 bits per heavy atom. The largest absolute Gasteiger partial charge is 0.468 e. The van der Waals surface area contributed by atoms with Crippen LogP contribution in [0.2, 0.25) is 0 Å². The second kappa shape index (κ2) is 7.17. The van der Waals surface area contributed by atoms with Crippen LogP contribution in [0.3, 0.4) is 0 Å². The van der Waals surface area contributed by atoms with Crippen LogP contribution in [0.4, 0.5) is 4.39 Å². The third-order valence-electron chi connectivity index (χ3n) is 3.89. The summed E-state index contributed by atoms with van der Waals surface area (Å²) in [6, 6.07) is 9.64. The molecule has 0 aliphatic rings. The minimum atomic E-state index is -3.93. The summed E-state index contributed by atoms with van der Waals surface area (Å²) >= 11 is 0. The summed E-state index contributed by atoms with van der Waals surface area (Å²) in [5.74, 6) is -0.799. The van der Waals surface area contributed by atoms with Gasteiger partial charge < -0.3 is 14.2 Å². The zero-order chi connectivity index (χ0) is 18.7. The predicted molar refractivity (Wildman–Crippen MR) is 90.8 cm³/mol. The van der Waals surface area contributed by atoms with Crippen LogP contribution in [0, 0.1) is 12.7 Å². The normalized spacial score (nSPS) is 12.7. The van der Waals surface area contributed by atoms with E-state index in [-0.39, 0.29) is 28.5 Å². The van der Waals surface area contributed by atoms with E-state index < -0.39 is 26.8 Å². The van der Waals surface area contributed by atoms with Gasteiger partial charge in [-0.2, -0.15) is 0 Å². The van der Waals surface area contributed by atoms with E-state index in [1.807, 2.05) is 0 Å². The molecule has 1 N–H and O–H groups in total. The molecule has 1 aromatic carbocycles. The number of hydrogen-bond acceptors (Lipinski definition) is 5. The lowest BCUT2D eigenvalue weighted by Crippen LogP contribution is -2.31. The lowest BCUT2D eigenvalue weighted by Gasteiger charge is -2.17. The Balaban J connectivity index is 1.90. The molecule has 0 aliphatic heterocycles. The first-order valence-corrected chi connectivity index (χ1v) is 9.29. The average Bonchev–Trinajstić information content (AvgIpc) is 3.30. The standard InChI is InChI=1S/C18H16FNO5S/c1-12-10-13(6-7-14(12)19)26(22,23)17(15-4-2-8-24-15)11-20-18(21)16-5-3-9-25-16/h2-10,17H,11H2,1H3,(H,20,21)/t17-/m0/s1. The molecule has 3 rings (SSSR count). The lowest BCUT2D eigenvalue weighted by molar-refractivity contribution is 0.0925. The van der Waals surface area contributed by atoms with E-state index in [0.717, 1.165) is 6.07 Å². The van der Waals surface area contributed by atoms with Gasteiger partial charge in [-0.25, -0.2) is 12.8 Å². The number of hydrogen-bond donors (Lipinski definition) is 1. The highest BCUT2D eigenvalue weighted by molar-refractivity contribution is 7.91. The van der Waals surface area contributed by atoms with Gasteiger partial charge in [0, 0.05) is 6.54 Å². The van der Waals surface area contributed by atoms with Crippen molar-refractivity contribution in [2.24, 2.45) is 0 Å². The highest BCUT2D eigenvalue weighted by atomic mass is 32.2. The predicted octanol–water partition coefficient (Wildman–Crippen LogP) is 3.27. The number of sulfone groups is 1. The number of amides is 1. The highest BCUT2D eigenvalue weighted by Crippen LogP contribution is 2.30. The molecule has 0 spiro atoms. The second-order valence-corrected chi connectivity index (χ2v) is 7.78. The molecule has 1 amide bonds. The van der Waals surface area contributed by atoms with Crippen molar-refractivity contribution < 1.29 is 26.4 Å². The van der Waals surface area contributed by atoms with Gasteiger partial charge in [-0.1, -0.05) is 0 Å². The number of carbonyl (C=O) groups is 1. The molecular weight excluding hydrogens is 361 g/mol. The molecule has 3 aromatic rings. The summed E-state index contributed by atoms with van der Waals surface area (Å²) in [5, 5.41) is 1.36. The molecule has 8 heteroatoms. The summed E-state index contributed by atoms with van der Waals surface area (Å²) in [7, 11) is -3.93. The topological polar surface area (TPSA) is 89.5 Å². The Labute approximate surface area is 149 Å². The fourth-order valence-electron chi connectivity index (χ4n) is 2.48. The zero-order valence-electron chi connectivity index (χ0n) is 13.8. The smallest absolute Gasteiger partial charge is 0.287 e. The summed E-state index contributed by atoms with van der Waals surface area (Å²) in [6.45, 7) is 1.25. The number of benzene rings is 1. The first kappa shape index (κ1) is 17.9. The molecule has 26 heavy (non-hydrogen) atoms. The molecule has 0 saturated heterocycles. The Hall–Kier alpha value is -2.87. The quantitative estimate of drug-likeness (QED) is 0.666. The maximum atomic E-state index is 13.5. The van der Waals surface area contributed by atoms with E-state index in [4.69, 9.17) is 8.83 Å². The van der Waals surface area contributed by atoms with Gasteiger partial charge in [-0.05, 0) is 55.0 Å². The molecule has 0 unspecified atom stereocenters. The van der Waals surface area contributed by atoms with Crippen LogP contribution in [0.25, 0.3) is 0 Å². The van der Waals surface area contributed by atoms with Crippen LogP contribution in [-0.4, -0.2) is 20.9 Å². The number of rotatable bonds is 6. The highest BCUT2D eigenvalue weighted by Gasteiger charge is 2.32. The summed E-state index contributed by atoms with van der Waals surface area (Å²) in [6.07, 6.45) is 2.69. The number of halogens is 1. The molecule has 0 fully saturated rings. The van der Waals surface area contributed by atoms with Crippen molar-refractivity contribution in [2.75, 3.05) is 6.54 Å². The van der Waals surface area contributed by atoms with E-state index in [2.05, 4.69) is 5.32 Å². The third-order valence-corrected chi connectivity index (χ3v) is 5.95. The Bertz CT molecular complexity index is 994. The lowest BCUT2D eigenvalue weighted by atomic mass is 10.2. The number of carbonyl (C=O) groups excluding carboxylic acids is 1. The number of furan rings is 2. The summed E-state index contributed by atoms with van der Waals surface area (Å²) in [4.78, 5) is 12.0. The summed E-state index contributed by atoms with van der Waals surface area (Å²) < 4.78 is 49.8. The molecule has 1 atom stereocenters. The van der Waals surface area contributed by atoms with Crippen molar-refractivity contribution >= 4 is 15.7 Å². The van der Waals surface area contributed by atoms with Gasteiger partial charge >= 0.3 is 0 Å². The average molecular weight is 377 g/mol. The van der Waals surface area contributed by atoms with Gasteiger partial charge in [0.1, 0.15) is 16.8 Å². The van der Waals surface area contributed by atoms with Gasteiger partial charge in [-0.3, -0.25) is 4.79 Å². The van der Waals surface area contributed by atoms with Crippen LogP contribution in [0.1, 0.15) is 27.1 Å². The van der Waals surface area contributed by atoms with Crippen molar-refractivity contribution in [2.45, 2.75) is 17.1 Å². The van der Waals surface area contributed by atoms with Crippen molar-refractivity contribution in [1.29, 1.82) is 0 Å². The van der Waals surface area contributed by atoms with Gasteiger partial charge in [-0.15, -0.1) is 0 Å². The van der Waals surface area contributed by atoms with E-state index >= 15 is 0 Å². The van der Waals surface area contributed by atoms with Crippen molar-refractivity contribution in [3.05, 3.63) is 77.9 Å². The zero-order valence-corrected chi connectivity index (χ0v) is 14.6. The van der Waals surface area contributed by atoms with Crippen molar-refractivity contribution in [3.8, 4) is 0 Å². The molecule has 2 aromatic heterocycles. The fraction of sp³-hybridized carbons (Fsp3) is 0.167. The van der Waals surface area contributed by atoms with E-state index in [1.165, 1.54) is 43.7 Å².